The summed E-state index contributed by atoms with van der Waals surface area (Å²) in [5, 5.41) is 11.9. The van der Waals surface area contributed by atoms with Crippen molar-refractivity contribution < 1.29 is 0 Å². The van der Waals surface area contributed by atoms with Gasteiger partial charge in [-0.25, -0.2) is 0 Å². The summed E-state index contributed by atoms with van der Waals surface area (Å²) in [7, 11) is 2.05. The van der Waals surface area contributed by atoms with Crippen molar-refractivity contribution in [2.45, 2.75) is 26.8 Å². The minimum Gasteiger partial charge on any atom is -0.313 e. The molecule has 3 nitrogen and oxygen atoms in total. The van der Waals surface area contributed by atoms with Gasteiger partial charge in [0.2, 0.25) is 0 Å². The molecular weight excluding hydrogens is 162 g/mol. The molecule has 0 radical (unpaired) electrons. The smallest absolute Gasteiger partial charge is 0.0666 e. The molecule has 0 heterocycles. The normalized spacial score (nSPS) is 13.3. The molecule has 0 aliphatic heterocycles. The number of nitrogens with zero attached hydrogens (tertiary/aromatic N) is 2. The van der Waals surface area contributed by atoms with E-state index in [9.17, 15) is 0 Å². The second kappa shape index (κ2) is 6.88. The first-order chi connectivity index (χ1) is 6.06. The molecule has 0 aliphatic rings. The molecule has 13 heavy (non-hydrogen) atoms. The molecule has 0 bridgehead atoms. The van der Waals surface area contributed by atoms with Gasteiger partial charge >= 0.3 is 0 Å². The Labute approximate surface area is 81.7 Å². The highest BCUT2D eigenvalue weighted by atomic mass is 15.1. The molecule has 0 spiro atoms. The van der Waals surface area contributed by atoms with Crippen molar-refractivity contribution in [1.82, 2.24) is 10.2 Å². The third-order valence-corrected chi connectivity index (χ3v) is 1.85. The summed E-state index contributed by atoms with van der Waals surface area (Å²) in [6, 6.07) is 2.78. The standard InChI is InChI=1S/C10H21N3/c1-9(2)12-5-6-13(4)8-10(3)7-11/h9-10,12H,5-6,8H2,1-4H3. The molecule has 0 aliphatic carbocycles. The van der Waals surface area contributed by atoms with E-state index in [-0.39, 0.29) is 5.92 Å². The zero-order valence-corrected chi connectivity index (χ0v) is 9.17. The lowest BCUT2D eigenvalue weighted by Crippen LogP contribution is -2.34. The quantitative estimate of drug-likeness (QED) is 0.669. The highest BCUT2D eigenvalue weighted by Gasteiger charge is 2.04. The first-order valence-electron chi connectivity index (χ1n) is 4.87. The maximum Gasteiger partial charge on any atom is 0.0666 e. The molecule has 1 unspecified atom stereocenters. The molecule has 0 rings (SSSR count). The fourth-order valence-corrected chi connectivity index (χ4v) is 1.14. The van der Waals surface area contributed by atoms with E-state index in [1.165, 1.54) is 0 Å². The predicted molar refractivity (Wildman–Crippen MR) is 55.4 cm³/mol. The van der Waals surface area contributed by atoms with Crippen LogP contribution >= 0.6 is 0 Å². The second-order valence-corrected chi connectivity index (χ2v) is 3.90. The molecule has 0 saturated carbocycles. The van der Waals surface area contributed by atoms with Gasteiger partial charge < -0.3 is 10.2 Å². The van der Waals surface area contributed by atoms with Crippen LogP contribution in [0.15, 0.2) is 0 Å². The van der Waals surface area contributed by atoms with Gasteiger partial charge in [-0.1, -0.05) is 13.8 Å². The lowest BCUT2D eigenvalue weighted by Gasteiger charge is -2.18. The average molecular weight is 183 g/mol. The van der Waals surface area contributed by atoms with E-state index < -0.39 is 0 Å². The fraction of sp³-hybridized carbons (Fsp3) is 0.900. The molecular formula is C10H21N3. The van der Waals surface area contributed by atoms with Crippen molar-refractivity contribution in [1.29, 1.82) is 5.26 Å². The van der Waals surface area contributed by atoms with Crippen molar-refractivity contribution in [2.75, 3.05) is 26.7 Å². The highest BCUT2D eigenvalue weighted by Crippen LogP contribution is 1.94. The van der Waals surface area contributed by atoms with Crippen molar-refractivity contribution in [3.63, 3.8) is 0 Å². The van der Waals surface area contributed by atoms with Gasteiger partial charge in [-0.15, -0.1) is 0 Å². The summed E-state index contributed by atoms with van der Waals surface area (Å²) in [5.74, 6) is 0.129. The summed E-state index contributed by atoms with van der Waals surface area (Å²) in [4.78, 5) is 2.18. The SMILES string of the molecule is CC(C#N)CN(C)CCNC(C)C. The fourth-order valence-electron chi connectivity index (χ4n) is 1.14. The van der Waals surface area contributed by atoms with Gasteiger partial charge in [0.25, 0.3) is 0 Å². The van der Waals surface area contributed by atoms with E-state index in [0.29, 0.717) is 6.04 Å². The van der Waals surface area contributed by atoms with Crippen LogP contribution in [-0.4, -0.2) is 37.6 Å². The molecule has 0 aromatic carbocycles. The molecule has 1 atom stereocenters. The Morgan fingerprint density at radius 2 is 2.00 bits per heavy atom. The first-order valence-corrected chi connectivity index (χ1v) is 4.87. The average Bonchev–Trinajstić information content (AvgIpc) is 2.03. The number of likely N-dealkylation sites (N-methyl/N-ethyl adjacent to an activating group) is 1. The predicted octanol–water partition coefficient (Wildman–Crippen LogP) is 1.08. The van der Waals surface area contributed by atoms with Crippen molar-refractivity contribution >= 4 is 0 Å². The van der Waals surface area contributed by atoms with Crippen LogP contribution in [-0.2, 0) is 0 Å². The topological polar surface area (TPSA) is 39.1 Å². The van der Waals surface area contributed by atoms with E-state index in [1.54, 1.807) is 0 Å². The number of hydrogen-bond donors (Lipinski definition) is 1. The lowest BCUT2D eigenvalue weighted by molar-refractivity contribution is 0.305. The Balaban J connectivity index is 3.41. The van der Waals surface area contributed by atoms with E-state index in [4.69, 9.17) is 5.26 Å². The monoisotopic (exact) mass is 183 g/mol. The van der Waals surface area contributed by atoms with Crippen LogP contribution in [0.2, 0.25) is 0 Å². The van der Waals surface area contributed by atoms with Gasteiger partial charge in [0.1, 0.15) is 0 Å². The Kier molecular flexibility index (Phi) is 6.56. The van der Waals surface area contributed by atoms with E-state index in [1.807, 2.05) is 6.92 Å². The van der Waals surface area contributed by atoms with Crippen LogP contribution in [0.1, 0.15) is 20.8 Å². The zero-order valence-electron chi connectivity index (χ0n) is 9.17. The van der Waals surface area contributed by atoms with E-state index in [2.05, 4.69) is 37.2 Å². The van der Waals surface area contributed by atoms with Gasteiger partial charge in [-0.2, -0.15) is 5.26 Å². The molecule has 0 fully saturated rings. The second-order valence-electron chi connectivity index (χ2n) is 3.90. The van der Waals surface area contributed by atoms with Gasteiger partial charge in [0.05, 0.1) is 12.0 Å². The maximum atomic E-state index is 8.61. The summed E-state index contributed by atoms with van der Waals surface area (Å²) in [6.45, 7) is 9.08. The summed E-state index contributed by atoms with van der Waals surface area (Å²) < 4.78 is 0. The molecule has 0 aromatic rings. The van der Waals surface area contributed by atoms with E-state index >= 15 is 0 Å². The minimum atomic E-state index is 0.129. The Hall–Kier alpha value is -0.590. The Morgan fingerprint density at radius 3 is 2.46 bits per heavy atom. The zero-order chi connectivity index (χ0) is 10.3. The van der Waals surface area contributed by atoms with E-state index in [0.717, 1.165) is 19.6 Å². The summed E-state index contributed by atoms with van der Waals surface area (Å²) in [5.41, 5.74) is 0. The summed E-state index contributed by atoms with van der Waals surface area (Å²) in [6.07, 6.45) is 0. The van der Waals surface area contributed by atoms with Crippen LogP contribution in [0.4, 0.5) is 0 Å². The van der Waals surface area contributed by atoms with Crippen molar-refractivity contribution in [2.24, 2.45) is 5.92 Å². The number of nitrogens with one attached hydrogen (secondary N) is 1. The lowest BCUT2D eigenvalue weighted by atomic mass is 10.2. The maximum absolute atomic E-state index is 8.61. The van der Waals surface area contributed by atoms with Crippen LogP contribution in [0.3, 0.4) is 0 Å². The van der Waals surface area contributed by atoms with Crippen molar-refractivity contribution in [3.8, 4) is 6.07 Å². The highest BCUT2D eigenvalue weighted by molar-refractivity contribution is 4.80. The molecule has 3 heteroatoms. The molecule has 0 saturated heterocycles. The van der Waals surface area contributed by atoms with Gasteiger partial charge in [-0.3, -0.25) is 0 Å². The molecule has 76 valence electrons. The van der Waals surface area contributed by atoms with Crippen LogP contribution in [0, 0.1) is 17.2 Å². The van der Waals surface area contributed by atoms with Crippen molar-refractivity contribution in [3.05, 3.63) is 0 Å². The van der Waals surface area contributed by atoms with Crippen LogP contribution in [0.5, 0.6) is 0 Å². The number of rotatable bonds is 6. The molecule has 0 amide bonds. The van der Waals surface area contributed by atoms with Gasteiger partial charge in [-0.05, 0) is 14.0 Å². The summed E-state index contributed by atoms with van der Waals surface area (Å²) >= 11 is 0. The Bertz CT molecular complexity index is 160. The third-order valence-electron chi connectivity index (χ3n) is 1.85. The van der Waals surface area contributed by atoms with Gasteiger partial charge in [0, 0.05) is 25.7 Å². The largest absolute Gasteiger partial charge is 0.313 e. The van der Waals surface area contributed by atoms with Crippen LogP contribution in [0.25, 0.3) is 0 Å². The third kappa shape index (κ3) is 7.76. The number of nitriles is 1. The first kappa shape index (κ1) is 12.4. The van der Waals surface area contributed by atoms with Crippen LogP contribution < -0.4 is 5.32 Å². The number of hydrogen-bond acceptors (Lipinski definition) is 3. The molecule has 0 aromatic heterocycles. The molecule has 1 N–H and O–H groups in total. The van der Waals surface area contributed by atoms with Gasteiger partial charge in [0.15, 0.2) is 0 Å². The Morgan fingerprint density at radius 1 is 1.38 bits per heavy atom. The minimum absolute atomic E-state index is 0.129.